The molecule has 180 valence electrons. The van der Waals surface area contributed by atoms with Crippen molar-refractivity contribution in [1.29, 1.82) is 0 Å². The number of alkyl carbamates (subject to hydrolysis) is 1. The van der Waals surface area contributed by atoms with E-state index in [1.165, 1.54) is 16.0 Å². The predicted octanol–water partition coefficient (Wildman–Crippen LogP) is 3.25. The Morgan fingerprint density at radius 2 is 1.71 bits per heavy atom. The maximum Gasteiger partial charge on any atom is 0.407 e. The number of aliphatic carboxylic acids is 1. The fourth-order valence-electron chi connectivity index (χ4n) is 4.57. The molecule has 1 aliphatic heterocycles. The fourth-order valence-corrected chi connectivity index (χ4v) is 4.57. The van der Waals surface area contributed by atoms with Gasteiger partial charge in [-0.1, -0.05) is 62.4 Å². The van der Waals surface area contributed by atoms with Crippen molar-refractivity contribution in [3.05, 3.63) is 59.7 Å². The monoisotopic (exact) mass is 466 g/mol. The van der Waals surface area contributed by atoms with Crippen molar-refractivity contribution < 1.29 is 29.0 Å². The van der Waals surface area contributed by atoms with E-state index in [9.17, 15) is 14.4 Å². The third kappa shape index (κ3) is 5.22. The number of rotatable bonds is 7. The number of nitrogens with one attached hydrogen (secondary N) is 1. The van der Waals surface area contributed by atoms with Crippen LogP contribution in [0.4, 0.5) is 4.79 Å². The molecule has 2 aliphatic rings. The quantitative estimate of drug-likeness (QED) is 0.649. The van der Waals surface area contributed by atoms with Gasteiger partial charge in [0.1, 0.15) is 6.61 Å². The molecular formula is C26H30N2O6. The summed E-state index contributed by atoms with van der Waals surface area (Å²) in [7, 11) is 0. The standard InChI is InChI=1S/C26H30N2O6/c1-26(2,13-23(29)28-11-12-33-22(14-28)24(30)31)16-27-25(32)34-15-21-19-9-5-3-7-17(19)18-8-4-6-10-20(18)21/h3-10,21-22H,11-16H2,1-2H3,(H,27,32)(H,30,31). The summed E-state index contributed by atoms with van der Waals surface area (Å²) in [6.45, 7) is 4.82. The van der Waals surface area contributed by atoms with Crippen LogP contribution in [0.3, 0.4) is 0 Å². The number of morpholine rings is 1. The number of hydrogen-bond acceptors (Lipinski definition) is 5. The van der Waals surface area contributed by atoms with E-state index in [1.807, 2.05) is 38.1 Å². The molecule has 8 heteroatoms. The van der Waals surface area contributed by atoms with Gasteiger partial charge in [0.05, 0.1) is 13.2 Å². The minimum Gasteiger partial charge on any atom is -0.479 e. The summed E-state index contributed by atoms with van der Waals surface area (Å²) >= 11 is 0. The average molecular weight is 467 g/mol. The van der Waals surface area contributed by atoms with Gasteiger partial charge < -0.3 is 24.8 Å². The molecule has 1 saturated heterocycles. The topological polar surface area (TPSA) is 105 Å². The van der Waals surface area contributed by atoms with Gasteiger partial charge in [0.25, 0.3) is 0 Å². The average Bonchev–Trinajstić information content (AvgIpc) is 3.15. The number of nitrogens with zero attached hydrogens (tertiary/aromatic N) is 1. The summed E-state index contributed by atoms with van der Waals surface area (Å²) in [5.41, 5.74) is 4.10. The van der Waals surface area contributed by atoms with Crippen LogP contribution in [0.1, 0.15) is 37.3 Å². The number of fused-ring (bicyclic) bond motifs is 3. The van der Waals surface area contributed by atoms with Crippen LogP contribution in [0, 0.1) is 5.41 Å². The molecular weight excluding hydrogens is 436 g/mol. The Hall–Kier alpha value is -3.39. The highest BCUT2D eigenvalue weighted by molar-refractivity contribution is 5.80. The first-order valence-electron chi connectivity index (χ1n) is 11.5. The van der Waals surface area contributed by atoms with Crippen molar-refractivity contribution in [3.8, 4) is 11.1 Å². The predicted molar refractivity (Wildman–Crippen MR) is 125 cm³/mol. The molecule has 2 aromatic rings. The highest BCUT2D eigenvalue weighted by Gasteiger charge is 2.33. The van der Waals surface area contributed by atoms with Crippen molar-refractivity contribution in [3.63, 3.8) is 0 Å². The molecule has 0 spiro atoms. The summed E-state index contributed by atoms with van der Waals surface area (Å²) in [4.78, 5) is 37.8. The number of hydrogen-bond donors (Lipinski definition) is 2. The van der Waals surface area contributed by atoms with Crippen molar-refractivity contribution in [2.45, 2.75) is 32.3 Å². The van der Waals surface area contributed by atoms with Crippen molar-refractivity contribution >= 4 is 18.0 Å². The van der Waals surface area contributed by atoms with Gasteiger partial charge in [-0.2, -0.15) is 0 Å². The van der Waals surface area contributed by atoms with Crippen molar-refractivity contribution in [2.24, 2.45) is 5.41 Å². The van der Waals surface area contributed by atoms with E-state index in [0.29, 0.717) is 6.54 Å². The zero-order valence-corrected chi connectivity index (χ0v) is 19.5. The lowest BCUT2D eigenvalue weighted by atomic mass is 9.88. The molecule has 1 heterocycles. The molecule has 1 fully saturated rings. The minimum atomic E-state index is -1.08. The van der Waals surface area contributed by atoms with E-state index in [2.05, 4.69) is 29.6 Å². The lowest BCUT2D eigenvalue weighted by Crippen LogP contribution is -2.49. The van der Waals surface area contributed by atoms with Gasteiger partial charge >= 0.3 is 12.1 Å². The van der Waals surface area contributed by atoms with E-state index < -0.39 is 23.6 Å². The summed E-state index contributed by atoms with van der Waals surface area (Å²) < 4.78 is 10.7. The highest BCUT2D eigenvalue weighted by atomic mass is 16.5. The van der Waals surface area contributed by atoms with Crippen molar-refractivity contribution in [2.75, 3.05) is 32.8 Å². The number of amides is 2. The first-order valence-corrected chi connectivity index (χ1v) is 11.5. The highest BCUT2D eigenvalue weighted by Crippen LogP contribution is 2.44. The molecule has 2 amide bonds. The Kier molecular flexibility index (Phi) is 6.88. The Morgan fingerprint density at radius 3 is 2.32 bits per heavy atom. The maximum atomic E-state index is 12.7. The van der Waals surface area contributed by atoms with E-state index in [0.717, 1.165) is 11.1 Å². The molecule has 0 radical (unpaired) electrons. The molecule has 0 saturated carbocycles. The molecule has 4 rings (SSSR count). The van der Waals surface area contributed by atoms with E-state index in [-0.39, 0.29) is 44.5 Å². The van der Waals surface area contributed by atoms with E-state index in [1.54, 1.807) is 0 Å². The van der Waals surface area contributed by atoms with Gasteiger partial charge in [0.2, 0.25) is 5.91 Å². The van der Waals surface area contributed by atoms with E-state index >= 15 is 0 Å². The minimum absolute atomic E-state index is 0.0174. The number of carboxylic acids is 1. The van der Waals surface area contributed by atoms with Gasteiger partial charge in [-0.05, 0) is 27.7 Å². The third-order valence-electron chi connectivity index (χ3n) is 6.38. The van der Waals surface area contributed by atoms with Crippen LogP contribution in [-0.4, -0.2) is 66.9 Å². The fraction of sp³-hybridized carbons (Fsp3) is 0.423. The first kappa shape index (κ1) is 23.8. The van der Waals surface area contributed by atoms with Crippen LogP contribution >= 0.6 is 0 Å². The summed E-state index contributed by atoms with van der Waals surface area (Å²) in [5.74, 6) is -1.25. The zero-order valence-electron chi connectivity index (χ0n) is 19.5. The van der Waals surface area contributed by atoms with Crippen LogP contribution in [-0.2, 0) is 19.1 Å². The SMILES string of the molecule is CC(C)(CNC(=O)OCC1c2ccccc2-c2ccccc21)CC(=O)N1CCOC(C(=O)O)C1. The third-order valence-corrected chi connectivity index (χ3v) is 6.38. The van der Waals surface area contributed by atoms with Crippen LogP contribution in [0.2, 0.25) is 0 Å². The molecule has 0 bridgehead atoms. The van der Waals surface area contributed by atoms with Crippen LogP contribution in [0.15, 0.2) is 48.5 Å². The molecule has 8 nitrogen and oxygen atoms in total. The van der Waals surface area contributed by atoms with Crippen LogP contribution in [0.25, 0.3) is 11.1 Å². The second-order valence-electron chi connectivity index (χ2n) is 9.56. The molecule has 2 N–H and O–H groups in total. The van der Waals surface area contributed by atoms with E-state index in [4.69, 9.17) is 14.6 Å². The largest absolute Gasteiger partial charge is 0.479 e. The van der Waals surface area contributed by atoms with Crippen molar-refractivity contribution in [1.82, 2.24) is 10.2 Å². The van der Waals surface area contributed by atoms with Gasteiger partial charge in [-0.3, -0.25) is 4.79 Å². The second-order valence-corrected chi connectivity index (χ2v) is 9.56. The Balaban J connectivity index is 1.28. The van der Waals surface area contributed by atoms with Gasteiger partial charge in [0, 0.05) is 25.4 Å². The molecule has 34 heavy (non-hydrogen) atoms. The summed E-state index contributed by atoms with van der Waals surface area (Å²) in [6.07, 6.45) is -1.36. The second kappa shape index (κ2) is 9.85. The Labute approximate surface area is 198 Å². The molecule has 1 aliphatic carbocycles. The molecule has 0 aromatic heterocycles. The van der Waals surface area contributed by atoms with Crippen LogP contribution < -0.4 is 5.32 Å². The van der Waals surface area contributed by atoms with Gasteiger partial charge in [-0.15, -0.1) is 0 Å². The molecule has 1 unspecified atom stereocenters. The number of carboxylic acid groups (broad SMARTS) is 1. The normalized spacial score (nSPS) is 17.6. The molecule has 2 aromatic carbocycles. The lowest BCUT2D eigenvalue weighted by molar-refractivity contribution is -0.159. The number of carbonyl (C=O) groups excluding carboxylic acids is 2. The molecule has 1 atom stereocenters. The van der Waals surface area contributed by atoms with Crippen LogP contribution in [0.5, 0.6) is 0 Å². The number of ether oxygens (including phenoxy) is 2. The smallest absolute Gasteiger partial charge is 0.407 e. The van der Waals surface area contributed by atoms with Gasteiger partial charge in [-0.25, -0.2) is 9.59 Å². The summed E-state index contributed by atoms with van der Waals surface area (Å²) in [6, 6.07) is 16.3. The Bertz CT molecular complexity index is 1040. The lowest BCUT2D eigenvalue weighted by Gasteiger charge is -2.33. The number of carbonyl (C=O) groups is 3. The first-order chi connectivity index (χ1) is 16.2. The Morgan fingerprint density at radius 1 is 1.09 bits per heavy atom. The zero-order chi connectivity index (χ0) is 24.3. The van der Waals surface area contributed by atoms with Gasteiger partial charge in [0.15, 0.2) is 6.10 Å². The summed E-state index contributed by atoms with van der Waals surface area (Å²) in [5, 5.41) is 11.9. The number of benzene rings is 2. The maximum absolute atomic E-state index is 12.7.